The first kappa shape index (κ1) is 16.1. The Labute approximate surface area is 144 Å². The molecule has 2 heterocycles. The van der Waals surface area contributed by atoms with E-state index in [2.05, 4.69) is 20.3 Å². The minimum atomic E-state index is -0.0832. The fourth-order valence-corrected chi connectivity index (χ4v) is 2.40. The van der Waals surface area contributed by atoms with Crippen molar-refractivity contribution in [1.82, 2.24) is 20.3 Å². The summed E-state index contributed by atoms with van der Waals surface area (Å²) in [5.74, 6) is -0.0832. The molecule has 0 fully saturated rings. The van der Waals surface area contributed by atoms with Crippen molar-refractivity contribution in [3.63, 3.8) is 0 Å². The van der Waals surface area contributed by atoms with Crippen LogP contribution in [0.4, 0.5) is 0 Å². The van der Waals surface area contributed by atoms with Crippen molar-refractivity contribution in [2.75, 3.05) is 0 Å². The van der Waals surface area contributed by atoms with E-state index in [1.807, 2.05) is 24.3 Å². The lowest BCUT2D eigenvalue weighted by Crippen LogP contribution is -2.25. The summed E-state index contributed by atoms with van der Waals surface area (Å²) in [6.45, 7) is 0.310. The molecule has 1 N–H and O–H groups in total. The van der Waals surface area contributed by atoms with Crippen LogP contribution >= 0.6 is 11.6 Å². The van der Waals surface area contributed by atoms with E-state index in [0.717, 1.165) is 16.8 Å². The number of hydrogen-bond acceptors (Lipinski definition) is 4. The molecule has 3 rings (SSSR count). The zero-order chi connectivity index (χ0) is 16.8. The van der Waals surface area contributed by atoms with Crippen LogP contribution in [0.2, 0.25) is 5.02 Å². The molecular formula is C18H15ClN4O. The summed E-state index contributed by atoms with van der Waals surface area (Å²) in [4.78, 5) is 24.9. The molecule has 2 aromatic heterocycles. The first-order valence-corrected chi connectivity index (χ1v) is 7.81. The number of amides is 1. The van der Waals surface area contributed by atoms with Gasteiger partial charge in [-0.25, -0.2) is 0 Å². The fourth-order valence-electron chi connectivity index (χ4n) is 2.27. The maximum Gasteiger partial charge on any atom is 0.224 e. The molecule has 0 aliphatic carbocycles. The van der Waals surface area contributed by atoms with Crippen LogP contribution in [-0.2, 0) is 17.8 Å². The molecule has 1 amide bonds. The molecule has 0 aliphatic rings. The van der Waals surface area contributed by atoms with Crippen molar-refractivity contribution >= 4 is 17.5 Å². The Bertz CT molecular complexity index is 822. The van der Waals surface area contributed by atoms with Gasteiger partial charge in [0.15, 0.2) is 0 Å². The van der Waals surface area contributed by atoms with Crippen molar-refractivity contribution in [2.45, 2.75) is 13.0 Å². The number of hydrogen-bond donors (Lipinski definition) is 1. The third-order valence-electron chi connectivity index (χ3n) is 3.44. The van der Waals surface area contributed by atoms with Gasteiger partial charge in [0.05, 0.1) is 24.4 Å². The number of benzene rings is 1. The summed E-state index contributed by atoms with van der Waals surface area (Å²) in [5.41, 5.74) is 3.20. The lowest BCUT2D eigenvalue weighted by atomic mass is 10.1. The molecule has 0 bridgehead atoms. The van der Waals surface area contributed by atoms with E-state index in [1.165, 1.54) is 0 Å². The number of carbonyl (C=O) groups is 1. The Morgan fingerprint density at radius 1 is 1.04 bits per heavy atom. The van der Waals surface area contributed by atoms with Crippen molar-refractivity contribution in [1.29, 1.82) is 0 Å². The van der Waals surface area contributed by atoms with E-state index < -0.39 is 0 Å². The first-order chi connectivity index (χ1) is 11.7. The summed E-state index contributed by atoms with van der Waals surface area (Å²) in [7, 11) is 0. The van der Waals surface area contributed by atoms with Gasteiger partial charge >= 0.3 is 0 Å². The van der Waals surface area contributed by atoms with Crippen molar-refractivity contribution in [3.05, 3.63) is 77.5 Å². The number of nitrogens with one attached hydrogen (secondary N) is 1. The molecule has 0 saturated heterocycles. The predicted molar refractivity (Wildman–Crippen MR) is 92.3 cm³/mol. The Morgan fingerprint density at radius 3 is 2.58 bits per heavy atom. The van der Waals surface area contributed by atoms with Crippen LogP contribution in [-0.4, -0.2) is 20.9 Å². The molecule has 0 unspecified atom stereocenters. The molecule has 0 saturated carbocycles. The number of aromatic nitrogens is 3. The first-order valence-electron chi connectivity index (χ1n) is 7.44. The highest BCUT2D eigenvalue weighted by Crippen LogP contribution is 2.18. The molecule has 1 aromatic carbocycles. The minimum Gasteiger partial charge on any atom is -0.350 e. The molecule has 3 aromatic rings. The van der Waals surface area contributed by atoms with E-state index >= 15 is 0 Å². The molecule has 5 nitrogen and oxygen atoms in total. The van der Waals surface area contributed by atoms with Crippen molar-refractivity contribution in [3.8, 4) is 11.3 Å². The molecule has 0 radical (unpaired) electrons. The summed E-state index contributed by atoms with van der Waals surface area (Å²) in [6.07, 6.45) is 6.96. The maximum atomic E-state index is 12.1. The average Bonchev–Trinajstić information content (AvgIpc) is 2.63. The summed E-state index contributed by atoms with van der Waals surface area (Å²) >= 11 is 5.84. The lowest BCUT2D eigenvalue weighted by molar-refractivity contribution is -0.120. The van der Waals surface area contributed by atoms with E-state index in [-0.39, 0.29) is 5.91 Å². The quantitative estimate of drug-likeness (QED) is 0.776. The highest BCUT2D eigenvalue weighted by Gasteiger charge is 2.10. The van der Waals surface area contributed by atoms with E-state index in [9.17, 15) is 4.79 Å². The van der Waals surface area contributed by atoms with Crippen LogP contribution in [0, 0.1) is 0 Å². The minimum absolute atomic E-state index is 0.0832. The standard InChI is InChI=1S/C18H15ClN4O/c19-15-5-3-13(4-6-15)10-17(24)23-12-16-18(22-9-8-21-16)14-2-1-7-20-11-14/h1-9,11H,10,12H2,(H,23,24). The topological polar surface area (TPSA) is 67.8 Å². The molecule has 6 heteroatoms. The summed E-state index contributed by atoms with van der Waals surface area (Å²) in [5, 5.41) is 3.53. The van der Waals surface area contributed by atoms with Crippen LogP contribution in [0.3, 0.4) is 0 Å². The molecular weight excluding hydrogens is 324 g/mol. The van der Waals surface area contributed by atoms with Crippen LogP contribution in [0.25, 0.3) is 11.3 Å². The average molecular weight is 339 g/mol. The Hall–Kier alpha value is -2.79. The van der Waals surface area contributed by atoms with Gasteiger partial charge in [-0.1, -0.05) is 23.7 Å². The zero-order valence-corrected chi connectivity index (χ0v) is 13.6. The number of nitrogens with zero attached hydrogens (tertiary/aromatic N) is 3. The molecule has 120 valence electrons. The van der Waals surface area contributed by atoms with Crippen LogP contribution < -0.4 is 5.32 Å². The third-order valence-corrected chi connectivity index (χ3v) is 3.69. The number of rotatable bonds is 5. The Balaban J connectivity index is 1.66. The normalized spacial score (nSPS) is 10.4. The van der Waals surface area contributed by atoms with Gasteiger partial charge in [-0.3, -0.25) is 19.7 Å². The predicted octanol–water partition coefficient (Wildman–Crippen LogP) is 3.05. The highest BCUT2D eigenvalue weighted by atomic mass is 35.5. The smallest absolute Gasteiger partial charge is 0.224 e. The highest BCUT2D eigenvalue weighted by molar-refractivity contribution is 6.30. The second-order valence-corrected chi connectivity index (χ2v) is 5.61. The summed E-state index contributed by atoms with van der Waals surface area (Å²) in [6, 6.07) is 11.0. The fraction of sp³-hybridized carbons (Fsp3) is 0.111. The molecule has 0 aliphatic heterocycles. The van der Waals surface area contributed by atoms with E-state index in [1.54, 1.807) is 36.9 Å². The van der Waals surface area contributed by atoms with Gasteiger partial charge in [-0.2, -0.15) is 0 Å². The van der Waals surface area contributed by atoms with E-state index in [0.29, 0.717) is 23.7 Å². The number of carbonyl (C=O) groups excluding carboxylic acids is 1. The second kappa shape index (κ2) is 7.66. The van der Waals surface area contributed by atoms with Gasteiger partial charge in [0.2, 0.25) is 5.91 Å². The van der Waals surface area contributed by atoms with Crippen LogP contribution in [0.5, 0.6) is 0 Å². The molecule has 0 spiro atoms. The number of halogens is 1. The molecule has 0 atom stereocenters. The largest absolute Gasteiger partial charge is 0.350 e. The van der Waals surface area contributed by atoms with E-state index in [4.69, 9.17) is 11.6 Å². The zero-order valence-electron chi connectivity index (χ0n) is 12.8. The van der Waals surface area contributed by atoms with Crippen molar-refractivity contribution in [2.24, 2.45) is 0 Å². The van der Waals surface area contributed by atoms with Gasteiger partial charge in [0.25, 0.3) is 0 Å². The maximum absolute atomic E-state index is 12.1. The van der Waals surface area contributed by atoms with Gasteiger partial charge in [0.1, 0.15) is 0 Å². The monoisotopic (exact) mass is 338 g/mol. The summed E-state index contributed by atoms with van der Waals surface area (Å²) < 4.78 is 0. The van der Waals surface area contributed by atoms with Gasteiger partial charge in [-0.15, -0.1) is 0 Å². The third kappa shape index (κ3) is 4.14. The van der Waals surface area contributed by atoms with Crippen LogP contribution in [0.1, 0.15) is 11.3 Å². The Morgan fingerprint density at radius 2 is 1.83 bits per heavy atom. The number of pyridine rings is 1. The van der Waals surface area contributed by atoms with Gasteiger partial charge in [-0.05, 0) is 29.8 Å². The van der Waals surface area contributed by atoms with Crippen molar-refractivity contribution < 1.29 is 4.79 Å². The van der Waals surface area contributed by atoms with Gasteiger partial charge in [0, 0.05) is 35.4 Å². The van der Waals surface area contributed by atoms with Crippen LogP contribution in [0.15, 0.2) is 61.2 Å². The SMILES string of the molecule is O=C(Cc1ccc(Cl)cc1)NCc1nccnc1-c1cccnc1. The Kier molecular flexibility index (Phi) is 5.13. The van der Waals surface area contributed by atoms with Gasteiger partial charge < -0.3 is 5.32 Å². The second-order valence-electron chi connectivity index (χ2n) is 5.17. The lowest BCUT2D eigenvalue weighted by Gasteiger charge is -2.09. The molecule has 24 heavy (non-hydrogen) atoms.